The normalized spacial score (nSPS) is 10.4. The highest BCUT2D eigenvalue weighted by Crippen LogP contribution is 2.33. The van der Waals surface area contributed by atoms with E-state index in [4.69, 9.17) is 9.47 Å². The average molecular weight is 381 g/mol. The summed E-state index contributed by atoms with van der Waals surface area (Å²) in [5, 5.41) is 14.0. The molecule has 0 atom stereocenters. The number of methoxy groups -OCH3 is 2. The fraction of sp³-hybridized carbons (Fsp3) is 0.250. The minimum absolute atomic E-state index is 0.0941. The van der Waals surface area contributed by atoms with E-state index in [0.717, 1.165) is 15.6 Å². The van der Waals surface area contributed by atoms with Crippen LogP contribution in [0, 0.1) is 10.1 Å². The van der Waals surface area contributed by atoms with Crippen molar-refractivity contribution >= 4 is 21.6 Å². The monoisotopic (exact) mass is 380 g/mol. The molecule has 23 heavy (non-hydrogen) atoms. The molecule has 0 bridgehead atoms. The number of benzene rings is 2. The Bertz CT molecular complexity index is 706. The number of halogens is 1. The quantitative estimate of drug-likeness (QED) is 0.585. The van der Waals surface area contributed by atoms with Crippen molar-refractivity contribution in [2.45, 2.75) is 13.1 Å². The summed E-state index contributed by atoms with van der Waals surface area (Å²) in [6.07, 6.45) is 0. The molecule has 0 spiro atoms. The molecule has 0 heterocycles. The van der Waals surface area contributed by atoms with Crippen molar-refractivity contribution in [3.8, 4) is 11.5 Å². The van der Waals surface area contributed by atoms with Crippen molar-refractivity contribution < 1.29 is 14.4 Å². The van der Waals surface area contributed by atoms with Gasteiger partial charge in [-0.15, -0.1) is 0 Å². The van der Waals surface area contributed by atoms with Gasteiger partial charge in [0.15, 0.2) is 11.5 Å². The summed E-state index contributed by atoms with van der Waals surface area (Å²) in [6.45, 7) is 1.12. The molecule has 2 rings (SSSR count). The highest BCUT2D eigenvalue weighted by atomic mass is 79.9. The molecule has 0 radical (unpaired) electrons. The Morgan fingerprint density at radius 3 is 2.48 bits per heavy atom. The number of non-ortho nitro benzene ring substituents is 1. The fourth-order valence-corrected chi connectivity index (χ4v) is 2.62. The molecule has 0 aromatic heterocycles. The van der Waals surface area contributed by atoms with Crippen molar-refractivity contribution in [2.75, 3.05) is 14.2 Å². The molecule has 0 saturated heterocycles. The second-order valence-corrected chi connectivity index (χ2v) is 5.68. The van der Waals surface area contributed by atoms with E-state index in [1.807, 2.05) is 18.2 Å². The van der Waals surface area contributed by atoms with Crippen molar-refractivity contribution in [3.05, 3.63) is 62.1 Å². The van der Waals surface area contributed by atoms with Gasteiger partial charge in [-0.3, -0.25) is 10.1 Å². The van der Waals surface area contributed by atoms with Crippen LogP contribution < -0.4 is 14.8 Å². The summed E-state index contributed by atoms with van der Waals surface area (Å²) in [5.74, 6) is 1.31. The third-order valence-corrected chi connectivity index (χ3v) is 4.06. The number of hydrogen-bond donors (Lipinski definition) is 1. The van der Waals surface area contributed by atoms with Gasteiger partial charge in [-0.2, -0.15) is 0 Å². The van der Waals surface area contributed by atoms with Gasteiger partial charge in [-0.05, 0) is 23.3 Å². The predicted molar refractivity (Wildman–Crippen MR) is 90.9 cm³/mol. The lowest BCUT2D eigenvalue weighted by atomic mass is 10.1. The lowest BCUT2D eigenvalue weighted by molar-refractivity contribution is -0.384. The van der Waals surface area contributed by atoms with Crippen molar-refractivity contribution in [1.82, 2.24) is 5.32 Å². The molecule has 2 aromatic carbocycles. The Morgan fingerprint density at radius 2 is 1.83 bits per heavy atom. The number of ether oxygens (including phenoxy) is 2. The van der Waals surface area contributed by atoms with Crippen LogP contribution >= 0.6 is 15.9 Å². The van der Waals surface area contributed by atoms with Crippen molar-refractivity contribution in [3.63, 3.8) is 0 Å². The molecular weight excluding hydrogens is 364 g/mol. The lowest BCUT2D eigenvalue weighted by Crippen LogP contribution is -2.13. The molecule has 0 saturated carbocycles. The smallest absolute Gasteiger partial charge is 0.269 e. The first-order valence-electron chi connectivity index (χ1n) is 6.89. The number of nitro benzene ring substituents is 1. The molecule has 0 unspecified atom stereocenters. The minimum atomic E-state index is -0.394. The van der Waals surface area contributed by atoms with Crippen LogP contribution in [0.5, 0.6) is 11.5 Å². The van der Waals surface area contributed by atoms with Gasteiger partial charge in [0, 0.05) is 29.7 Å². The molecule has 0 aliphatic carbocycles. The van der Waals surface area contributed by atoms with Gasteiger partial charge in [-0.1, -0.05) is 28.1 Å². The van der Waals surface area contributed by atoms with Gasteiger partial charge in [0.2, 0.25) is 0 Å². The third kappa shape index (κ3) is 4.43. The van der Waals surface area contributed by atoms with Gasteiger partial charge in [0.1, 0.15) is 0 Å². The Hall–Kier alpha value is -2.12. The molecule has 7 heteroatoms. The average Bonchev–Trinajstić information content (AvgIpc) is 2.56. The molecular formula is C16H17BrN2O4. The van der Waals surface area contributed by atoms with E-state index in [1.54, 1.807) is 26.4 Å². The largest absolute Gasteiger partial charge is 0.493 e. The zero-order chi connectivity index (χ0) is 16.8. The molecule has 0 fully saturated rings. The van der Waals surface area contributed by atoms with Gasteiger partial charge < -0.3 is 14.8 Å². The number of nitrogens with one attached hydrogen (secondary N) is 1. The fourth-order valence-electron chi connectivity index (χ4n) is 2.15. The molecule has 2 aromatic rings. The maximum absolute atomic E-state index is 10.8. The Kier molecular flexibility index (Phi) is 5.95. The maximum Gasteiger partial charge on any atom is 0.269 e. The Morgan fingerprint density at radius 1 is 1.13 bits per heavy atom. The first kappa shape index (κ1) is 17.2. The number of nitro groups is 1. The van der Waals surface area contributed by atoms with E-state index in [2.05, 4.69) is 21.2 Å². The SMILES string of the molecule is COc1cc(Br)c(CNCc2cccc([N+](=O)[O-])c2)cc1OC. The standard InChI is InChI=1S/C16H17BrN2O4/c1-22-15-7-12(14(17)8-16(15)23-2)10-18-9-11-4-3-5-13(6-11)19(20)21/h3-8,18H,9-10H2,1-2H3. The topological polar surface area (TPSA) is 73.6 Å². The van der Waals surface area contributed by atoms with E-state index in [0.29, 0.717) is 24.6 Å². The van der Waals surface area contributed by atoms with Crippen molar-refractivity contribution in [2.24, 2.45) is 0 Å². The van der Waals surface area contributed by atoms with Crippen molar-refractivity contribution in [1.29, 1.82) is 0 Å². The molecule has 0 amide bonds. The number of rotatable bonds is 7. The molecule has 0 aliphatic heterocycles. The molecule has 1 N–H and O–H groups in total. The predicted octanol–water partition coefficient (Wildman–Crippen LogP) is 3.66. The maximum atomic E-state index is 10.8. The molecule has 6 nitrogen and oxygen atoms in total. The second-order valence-electron chi connectivity index (χ2n) is 4.83. The summed E-state index contributed by atoms with van der Waals surface area (Å²) in [7, 11) is 3.18. The van der Waals surface area contributed by atoms with Crippen LogP contribution in [0.4, 0.5) is 5.69 Å². The summed E-state index contributed by atoms with van der Waals surface area (Å²) in [4.78, 5) is 10.4. The van der Waals surface area contributed by atoms with E-state index in [9.17, 15) is 10.1 Å². The van der Waals surface area contributed by atoms with E-state index < -0.39 is 4.92 Å². The van der Waals surface area contributed by atoms with Crippen LogP contribution in [-0.2, 0) is 13.1 Å². The van der Waals surface area contributed by atoms with Gasteiger partial charge in [-0.25, -0.2) is 0 Å². The van der Waals surface area contributed by atoms with Gasteiger partial charge >= 0.3 is 0 Å². The van der Waals surface area contributed by atoms with Crippen LogP contribution in [0.1, 0.15) is 11.1 Å². The van der Waals surface area contributed by atoms with Crippen LogP contribution in [-0.4, -0.2) is 19.1 Å². The van der Waals surface area contributed by atoms with E-state index in [1.165, 1.54) is 6.07 Å². The van der Waals surface area contributed by atoms with E-state index in [-0.39, 0.29) is 5.69 Å². The summed E-state index contributed by atoms with van der Waals surface area (Å²) in [6, 6.07) is 10.3. The van der Waals surface area contributed by atoms with Gasteiger partial charge in [0.25, 0.3) is 5.69 Å². The second kappa shape index (κ2) is 7.94. The summed E-state index contributed by atoms with van der Waals surface area (Å²) >= 11 is 3.50. The summed E-state index contributed by atoms with van der Waals surface area (Å²) < 4.78 is 11.4. The zero-order valence-corrected chi connectivity index (χ0v) is 14.4. The Labute approximate surface area is 142 Å². The summed E-state index contributed by atoms with van der Waals surface area (Å²) in [5.41, 5.74) is 1.96. The molecule has 122 valence electrons. The first-order chi connectivity index (χ1) is 11.0. The Balaban J connectivity index is 2.04. The lowest BCUT2D eigenvalue weighted by Gasteiger charge is -2.12. The highest BCUT2D eigenvalue weighted by Gasteiger charge is 2.10. The van der Waals surface area contributed by atoms with Crippen LogP contribution in [0.2, 0.25) is 0 Å². The third-order valence-electron chi connectivity index (χ3n) is 3.32. The highest BCUT2D eigenvalue weighted by molar-refractivity contribution is 9.10. The van der Waals surface area contributed by atoms with Crippen LogP contribution in [0.3, 0.4) is 0 Å². The van der Waals surface area contributed by atoms with E-state index >= 15 is 0 Å². The minimum Gasteiger partial charge on any atom is -0.493 e. The van der Waals surface area contributed by atoms with Crippen LogP contribution in [0.25, 0.3) is 0 Å². The first-order valence-corrected chi connectivity index (χ1v) is 7.69. The molecule has 0 aliphatic rings. The number of nitrogens with zero attached hydrogens (tertiary/aromatic N) is 1. The number of hydrogen-bond acceptors (Lipinski definition) is 5. The zero-order valence-electron chi connectivity index (χ0n) is 12.8. The van der Waals surface area contributed by atoms with Gasteiger partial charge in [0.05, 0.1) is 19.1 Å². The van der Waals surface area contributed by atoms with Crippen LogP contribution in [0.15, 0.2) is 40.9 Å².